The molecule has 1 fully saturated rings. The van der Waals surface area contributed by atoms with Gasteiger partial charge >= 0.3 is 0 Å². The minimum atomic E-state index is -3.00. The maximum atomic E-state index is 12.4. The van der Waals surface area contributed by atoms with Gasteiger partial charge in [-0.1, -0.05) is 23.7 Å². The third-order valence-corrected chi connectivity index (χ3v) is 6.49. The minimum absolute atomic E-state index is 0.0114. The Hall–Kier alpha value is -1.79. The van der Waals surface area contributed by atoms with Gasteiger partial charge in [-0.25, -0.2) is 8.42 Å². The van der Waals surface area contributed by atoms with Crippen LogP contribution in [0.15, 0.2) is 48.8 Å². The highest BCUT2D eigenvalue weighted by atomic mass is 35.5. The molecule has 1 aromatic carbocycles. The van der Waals surface area contributed by atoms with Crippen LogP contribution in [0, 0.1) is 0 Å². The predicted octanol–water partition coefficient (Wildman–Crippen LogP) is 2.62. The van der Waals surface area contributed by atoms with Gasteiger partial charge < -0.3 is 9.88 Å². The van der Waals surface area contributed by atoms with E-state index in [1.807, 2.05) is 53.4 Å². The van der Waals surface area contributed by atoms with Crippen molar-refractivity contribution in [2.24, 2.45) is 0 Å². The first-order chi connectivity index (χ1) is 11.9. The predicted molar refractivity (Wildman–Crippen MR) is 98.4 cm³/mol. The Morgan fingerprint density at radius 3 is 2.52 bits per heavy atom. The Morgan fingerprint density at radius 2 is 1.92 bits per heavy atom. The van der Waals surface area contributed by atoms with Crippen molar-refractivity contribution >= 4 is 27.3 Å². The molecule has 1 aliphatic heterocycles. The van der Waals surface area contributed by atoms with Crippen molar-refractivity contribution in [3.05, 3.63) is 59.4 Å². The van der Waals surface area contributed by atoms with Gasteiger partial charge in [0.2, 0.25) is 5.91 Å². The summed E-state index contributed by atoms with van der Waals surface area (Å²) in [6, 6.07) is 11.1. The molecule has 0 radical (unpaired) electrons. The maximum Gasteiger partial charge on any atom is 0.220 e. The number of rotatable bonds is 6. The number of nitrogens with zero attached hydrogens (tertiary/aromatic N) is 1. The van der Waals surface area contributed by atoms with Gasteiger partial charge in [0.15, 0.2) is 9.84 Å². The third-order valence-electron chi connectivity index (χ3n) is 4.47. The van der Waals surface area contributed by atoms with Crippen molar-refractivity contribution in [1.29, 1.82) is 0 Å². The van der Waals surface area contributed by atoms with Crippen molar-refractivity contribution in [3.8, 4) is 0 Å². The molecular formula is C18H21ClN2O3S. The number of amides is 1. The molecule has 1 aliphatic rings. The molecule has 0 saturated carbocycles. The highest BCUT2D eigenvalue weighted by molar-refractivity contribution is 7.91. The second-order valence-electron chi connectivity index (χ2n) is 6.50. The average Bonchev–Trinajstić information content (AvgIpc) is 3.17. The number of carbonyl (C=O) groups is 1. The molecule has 2 atom stereocenters. The summed E-state index contributed by atoms with van der Waals surface area (Å²) >= 11 is 5.96. The molecule has 1 aromatic heterocycles. The number of aromatic nitrogens is 1. The largest absolute Gasteiger partial charge is 0.354 e. The van der Waals surface area contributed by atoms with E-state index in [4.69, 9.17) is 11.6 Å². The number of benzene rings is 1. The zero-order chi connectivity index (χ0) is 17.9. The summed E-state index contributed by atoms with van der Waals surface area (Å²) in [4.78, 5) is 12.4. The Balaban J connectivity index is 1.68. The molecule has 2 aromatic rings. The van der Waals surface area contributed by atoms with E-state index in [0.29, 0.717) is 24.4 Å². The highest BCUT2D eigenvalue weighted by Crippen LogP contribution is 2.24. The topological polar surface area (TPSA) is 68.2 Å². The van der Waals surface area contributed by atoms with Crippen molar-refractivity contribution in [2.75, 3.05) is 11.5 Å². The van der Waals surface area contributed by atoms with Crippen LogP contribution in [-0.4, -0.2) is 36.4 Å². The third kappa shape index (κ3) is 5.09. The monoisotopic (exact) mass is 380 g/mol. The first-order valence-corrected chi connectivity index (χ1v) is 10.5. The van der Waals surface area contributed by atoms with E-state index in [9.17, 15) is 13.2 Å². The lowest BCUT2D eigenvalue weighted by Crippen LogP contribution is -2.36. The molecular weight excluding hydrogens is 360 g/mol. The van der Waals surface area contributed by atoms with Crippen molar-refractivity contribution < 1.29 is 13.2 Å². The fourth-order valence-electron chi connectivity index (χ4n) is 3.19. The Kier molecular flexibility index (Phi) is 5.49. The minimum Gasteiger partial charge on any atom is -0.354 e. The van der Waals surface area contributed by atoms with E-state index in [0.717, 1.165) is 5.56 Å². The van der Waals surface area contributed by atoms with E-state index >= 15 is 0 Å². The van der Waals surface area contributed by atoms with Gasteiger partial charge in [-0.2, -0.15) is 0 Å². The number of hydrogen-bond acceptors (Lipinski definition) is 3. The van der Waals surface area contributed by atoms with Crippen LogP contribution in [0.4, 0.5) is 0 Å². The summed E-state index contributed by atoms with van der Waals surface area (Å²) in [6.07, 6.45) is 4.72. The van der Waals surface area contributed by atoms with E-state index in [2.05, 4.69) is 5.32 Å². The van der Waals surface area contributed by atoms with Crippen LogP contribution in [0.1, 0.15) is 24.3 Å². The van der Waals surface area contributed by atoms with Gasteiger partial charge in [0.25, 0.3) is 0 Å². The van der Waals surface area contributed by atoms with Crippen LogP contribution in [0.3, 0.4) is 0 Å². The molecule has 0 spiro atoms. The average molecular weight is 381 g/mol. The van der Waals surface area contributed by atoms with E-state index in [1.54, 1.807) is 0 Å². The van der Waals surface area contributed by atoms with Crippen molar-refractivity contribution in [3.63, 3.8) is 0 Å². The smallest absolute Gasteiger partial charge is 0.220 e. The second-order valence-corrected chi connectivity index (χ2v) is 9.17. The molecule has 7 heteroatoms. The second kappa shape index (κ2) is 7.62. The number of carbonyl (C=O) groups excluding carboxylic acids is 1. The van der Waals surface area contributed by atoms with Crippen LogP contribution < -0.4 is 5.32 Å². The lowest BCUT2D eigenvalue weighted by Gasteiger charge is -2.19. The van der Waals surface area contributed by atoms with Gasteiger partial charge in [-0.15, -0.1) is 0 Å². The molecule has 0 aliphatic carbocycles. The molecule has 0 bridgehead atoms. The van der Waals surface area contributed by atoms with Gasteiger partial charge in [-0.05, 0) is 36.2 Å². The van der Waals surface area contributed by atoms with Gasteiger partial charge in [-0.3, -0.25) is 4.79 Å². The quantitative estimate of drug-likeness (QED) is 0.837. The Labute approximate surface area is 152 Å². The Bertz CT molecular complexity index is 817. The normalized spacial score (nSPS) is 20.3. The molecule has 3 rings (SSSR count). The molecule has 5 nitrogen and oxygen atoms in total. The van der Waals surface area contributed by atoms with Gasteiger partial charge in [0.05, 0.1) is 11.5 Å². The van der Waals surface area contributed by atoms with Gasteiger partial charge in [0, 0.05) is 42.3 Å². The Morgan fingerprint density at radius 1 is 1.24 bits per heavy atom. The number of nitrogens with one attached hydrogen (secondary N) is 1. The summed E-state index contributed by atoms with van der Waals surface area (Å²) in [5.41, 5.74) is 1.03. The van der Waals surface area contributed by atoms with Crippen molar-refractivity contribution in [1.82, 2.24) is 9.88 Å². The van der Waals surface area contributed by atoms with Crippen LogP contribution >= 0.6 is 11.6 Å². The lowest BCUT2D eigenvalue weighted by atomic mass is 9.95. The molecule has 134 valence electrons. The van der Waals surface area contributed by atoms with Crippen molar-refractivity contribution in [2.45, 2.75) is 31.3 Å². The first kappa shape index (κ1) is 18.0. The zero-order valence-electron chi connectivity index (χ0n) is 13.8. The van der Waals surface area contributed by atoms with E-state index < -0.39 is 9.84 Å². The molecule has 25 heavy (non-hydrogen) atoms. The molecule has 1 saturated heterocycles. The summed E-state index contributed by atoms with van der Waals surface area (Å²) in [5, 5.41) is 3.53. The van der Waals surface area contributed by atoms with Crippen LogP contribution in [0.5, 0.6) is 0 Å². The standard InChI is InChI=1S/C18H21ClN2O3S/c19-16-5-3-14(4-6-16)15(12-21-8-1-2-9-21)11-18(22)20-17-7-10-25(23,24)13-17/h1-6,8-9,15,17H,7,10-13H2,(H,20,22)/t15-,17-/m0/s1. The maximum absolute atomic E-state index is 12.4. The number of halogens is 1. The molecule has 2 heterocycles. The molecule has 1 N–H and O–H groups in total. The highest BCUT2D eigenvalue weighted by Gasteiger charge is 2.29. The summed E-state index contributed by atoms with van der Waals surface area (Å²) in [6.45, 7) is 0.672. The van der Waals surface area contributed by atoms with Crippen LogP contribution in [-0.2, 0) is 21.2 Å². The lowest BCUT2D eigenvalue weighted by molar-refractivity contribution is -0.122. The fraction of sp³-hybridized carbons (Fsp3) is 0.389. The van der Waals surface area contributed by atoms with Crippen LogP contribution in [0.25, 0.3) is 0 Å². The molecule has 1 amide bonds. The van der Waals surface area contributed by atoms with Crippen LogP contribution in [0.2, 0.25) is 5.02 Å². The number of sulfone groups is 1. The summed E-state index contributed by atoms with van der Waals surface area (Å²) in [5.74, 6) is 0.0704. The SMILES string of the molecule is O=C(C[C@@H](Cn1cccc1)c1ccc(Cl)cc1)N[C@H]1CCS(=O)(=O)C1. The van der Waals surface area contributed by atoms with E-state index in [1.165, 1.54) is 0 Å². The summed E-state index contributed by atoms with van der Waals surface area (Å²) in [7, 11) is -3.00. The molecule has 0 unspecified atom stereocenters. The fourth-order valence-corrected chi connectivity index (χ4v) is 4.99. The summed E-state index contributed by atoms with van der Waals surface area (Å²) < 4.78 is 25.1. The zero-order valence-corrected chi connectivity index (χ0v) is 15.3. The first-order valence-electron chi connectivity index (χ1n) is 8.27. The van der Waals surface area contributed by atoms with E-state index in [-0.39, 0.29) is 29.4 Å². The number of hydrogen-bond donors (Lipinski definition) is 1. The van der Waals surface area contributed by atoms with Gasteiger partial charge in [0.1, 0.15) is 0 Å².